The number of carbonyl (C=O) groups excluding carboxylic acids is 1. The standard InChI is InChI=1S/C14H17FN2O2/c1-2-17(8-9-18)14(19)12-6-5-11(4-3-7-16)10-13(12)15/h5-6,10,18H,2,7-9,16H2,1H3. The van der Waals surface area contributed by atoms with Crippen molar-refractivity contribution in [3.05, 3.63) is 35.1 Å². The Bertz CT molecular complexity index is 506. The number of hydrogen-bond donors (Lipinski definition) is 2. The summed E-state index contributed by atoms with van der Waals surface area (Å²) in [6.07, 6.45) is 0. The molecule has 0 bridgehead atoms. The van der Waals surface area contributed by atoms with Crippen LogP contribution < -0.4 is 5.73 Å². The summed E-state index contributed by atoms with van der Waals surface area (Å²) in [6.45, 7) is 2.41. The van der Waals surface area contributed by atoms with Crippen LogP contribution in [0.15, 0.2) is 18.2 Å². The highest BCUT2D eigenvalue weighted by molar-refractivity contribution is 5.94. The van der Waals surface area contributed by atoms with E-state index in [9.17, 15) is 9.18 Å². The topological polar surface area (TPSA) is 66.6 Å². The molecule has 0 aliphatic rings. The Kier molecular flexibility index (Phi) is 6.00. The first kappa shape index (κ1) is 15.2. The fourth-order valence-electron chi connectivity index (χ4n) is 1.61. The van der Waals surface area contributed by atoms with Gasteiger partial charge in [-0.25, -0.2) is 4.39 Å². The number of halogens is 1. The number of aliphatic hydroxyl groups is 1. The molecule has 5 heteroatoms. The Morgan fingerprint density at radius 2 is 2.26 bits per heavy atom. The van der Waals surface area contributed by atoms with Crippen LogP contribution in [0.3, 0.4) is 0 Å². The number of likely N-dealkylation sites (N-methyl/N-ethyl adjacent to an activating group) is 1. The Morgan fingerprint density at radius 3 is 2.79 bits per heavy atom. The predicted molar refractivity (Wildman–Crippen MR) is 71.0 cm³/mol. The van der Waals surface area contributed by atoms with E-state index in [0.29, 0.717) is 12.1 Å². The molecular weight excluding hydrogens is 247 g/mol. The number of carbonyl (C=O) groups is 1. The van der Waals surface area contributed by atoms with Crippen LogP contribution in [0.25, 0.3) is 0 Å². The lowest BCUT2D eigenvalue weighted by molar-refractivity contribution is 0.0727. The minimum atomic E-state index is -0.620. The van der Waals surface area contributed by atoms with Crippen LogP contribution in [0, 0.1) is 17.7 Å². The maximum atomic E-state index is 13.9. The first-order valence-electron chi connectivity index (χ1n) is 6.02. The molecule has 0 spiro atoms. The van der Waals surface area contributed by atoms with Crippen molar-refractivity contribution in [3.8, 4) is 11.8 Å². The van der Waals surface area contributed by atoms with Gasteiger partial charge in [0.25, 0.3) is 5.91 Å². The van der Waals surface area contributed by atoms with Gasteiger partial charge in [0.2, 0.25) is 0 Å². The van der Waals surface area contributed by atoms with Crippen molar-refractivity contribution >= 4 is 5.91 Å². The van der Waals surface area contributed by atoms with Crippen molar-refractivity contribution in [1.29, 1.82) is 0 Å². The number of rotatable bonds is 4. The van der Waals surface area contributed by atoms with Crippen molar-refractivity contribution in [2.45, 2.75) is 6.92 Å². The maximum Gasteiger partial charge on any atom is 0.256 e. The average Bonchev–Trinajstić information content (AvgIpc) is 2.42. The molecule has 4 nitrogen and oxygen atoms in total. The van der Waals surface area contributed by atoms with Gasteiger partial charge in [0.1, 0.15) is 5.82 Å². The molecule has 1 aromatic carbocycles. The van der Waals surface area contributed by atoms with Gasteiger partial charge in [0.15, 0.2) is 0 Å². The van der Waals surface area contributed by atoms with Gasteiger partial charge in [-0.2, -0.15) is 0 Å². The van der Waals surface area contributed by atoms with E-state index in [1.165, 1.54) is 17.0 Å². The van der Waals surface area contributed by atoms with Crippen LogP contribution in [0.2, 0.25) is 0 Å². The Labute approximate surface area is 112 Å². The largest absolute Gasteiger partial charge is 0.395 e. The van der Waals surface area contributed by atoms with Crippen LogP contribution in [-0.2, 0) is 0 Å². The maximum absolute atomic E-state index is 13.9. The molecule has 19 heavy (non-hydrogen) atoms. The highest BCUT2D eigenvalue weighted by Gasteiger charge is 2.17. The number of amides is 1. The van der Waals surface area contributed by atoms with E-state index in [4.69, 9.17) is 10.8 Å². The summed E-state index contributed by atoms with van der Waals surface area (Å²) in [5.74, 6) is 4.26. The van der Waals surface area contributed by atoms with E-state index >= 15 is 0 Å². The van der Waals surface area contributed by atoms with Gasteiger partial charge < -0.3 is 15.7 Å². The monoisotopic (exact) mass is 264 g/mol. The van der Waals surface area contributed by atoms with Crippen LogP contribution in [-0.4, -0.2) is 42.2 Å². The zero-order valence-corrected chi connectivity index (χ0v) is 10.8. The molecule has 1 rings (SSSR count). The molecule has 0 aromatic heterocycles. The van der Waals surface area contributed by atoms with Crippen LogP contribution in [0.1, 0.15) is 22.8 Å². The molecule has 0 aliphatic heterocycles. The molecule has 1 aromatic rings. The van der Waals surface area contributed by atoms with Crippen molar-refractivity contribution in [2.75, 3.05) is 26.2 Å². The van der Waals surface area contributed by atoms with E-state index < -0.39 is 11.7 Å². The Morgan fingerprint density at radius 1 is 1.53 bits per heavy atom. The van der Waals surface area contributed by atoms with Crippen molar-refractivity contribution < 1.29 is 14.3 Å². The summed E-state index contributed by atoms with van der Waals surface area (Å²) in [6, 6.07) is 4.19. The highest BCUT2D eigenvalue weighted by atomic mass is 19.1. The third-order valence-electron chi connectivity index (χ3n) is 2.57. The lowest BCUT2D eigenvalue weighted by Crippen LogP contribution is -2.33. The first-order valence-corrected chi connectivity index (χ1v) is 6.02. The molecule has 3 N–H and O–H groups in total. The quantitative estimate of drug-likeness (QED) is 0.782. The van der Waals surface area contributed by atoms with Gasteiger partial charge in [-0.15, -0.1) is 0 Å². The SMILES string of the molecule is CCN(CCO)C(=O)c1ccc(C#CCN)cc1F. The number of nitrogens with two attached hydrogens (primary N) is 1. The lowest BCUT2D eigenvalue weighted by atomic mass is 10.1. The molecule has 1 amide bonds. The van der Waals surface area contributed by atoms with Crippen LogP contribution in [0.4, 0.5) is 4.39 Å². The molecule has 0 fully saturated rings. The number of aliphatic hydroxyl groups excluding tert-OH is 1. The molecule has 0 saturated heterocycles. The van der Waals surface area contributed by atoms with Gasteiger partial charge in [-0.1, -0.05) is 11.8 Å². The van der Waals surface area contributed by atoms with E-state index in [1.54, 1.807) is 13.0 Å². The molecule has 0 heterocycles. The third kappa shape index (κ3) is 4.05. The second-order valence-electron chi connectivity index (χ2n) is 3.81. The van der Waals surface area contributed by atoms with Crippen molar-refractivity contribution in [3.63, 3.8) is 0 Å². The highest BCUT2D eigenvalue weighted by Crippen LogP contribution is 2.12. The summed E-state index contributed by atoms with van der Waals surface area (Å²) >= 11 is 0. The Balaban J connectivity index is 2.98. The summed E-state index contributed by atoms with van der Waals surface area (Å²) in [5, 5.41) is 8.86. The number of hydrogen-bond acceptors (Lipinski definition) is 3. The molecule has 0 radical (unpaired) electrons. The normalized spacial score (nSPS) is 9.68. The zero-order valence-electron chi connectivity index (χ0n) is 10.8. The average molecular weight is 264 g/mol. The van der Waals surface area contributed by atoms with Gasteiger partial charge >= 0.3 is 0 Å². The minimum absolute atomic E-state index is 0.0198. The summed E-state index contributed by atoms with van der Waals surface area (Å²) in [4.78, 5) is 13.4. The van der Waals surface area contributed by atoms with E-state index in [0.717, 1.165) is 0 Å². The van der Waals surface area contributed by atoms with E-state index in [2.05, 4.69) is 11.8 Å². The Hall–Kier alpha value is -1.90. The number of benzene rings is 1. The molecule has 0 aliphatic carbocycles. The second-order valence-corrected chi connectivity index (χ2v) is 3.81. The van der Waals surface area contributed by atoms with Crippen LogP contribution in [0.5, 0.6) is 0 Å². The summed E-state index contributed by atoms with van der Waals surface area (Å²) in [7, 11) is 0. The molecule has 0 saturated carbocycles. The minimum Gasteiger partial charge on any atom is -0.395 e. The zero-order chi connectivity index (χ0) is 14.3. The van der Waals surface area contributed by atoms with Crippen molar-refractivity contribution in [2.24, 2.45) is 5.73 Å². The molecule has 0 unspecified atom stereocenters. The predicted octanol–water partition coefficient (Wildman–Crippen LogP) is 0.590. The van der Waals surface area contributed by atoms with Gasteiger partial charge in [-0.05, 0) is 25.1 Å². The molecule has 102 valence electrons. The summed E-state index contributed by atoms with van der Waals surface area (Å²) in [5.41, 5.74) is 5.69. The van der Waals surface area contributed by atoms with Crippen LogP contribution >= 0.6 is 0 Å². The van der Waals surface area contributed by atoms with Gasteiger partial charge in [0.05, 0.1) is 18.7 Å². The van der Waals surface area contributed by atoms with E-state index in [-0.39, 0.29) is 25.3 Å². The third-order valence-corrected chi connectivity index (χ3v) is 2.57. The molecule has 0 atom stereocenters. The fourth-order valence-corrected chi connectivity index (χ4v) is 1.61. The molecular formula is C14H17FN2O2. The lowest BCUT2D eigenvalue weighted by Gasteiger charge is -2.19. The summed E-state index contributed by atoms with van der Waals surface area (Å²) < 4.78 is 13.9. The number of nitrogens with zero attached hydrogens (tertiary/aromatic N) is 1. The van der Waals surface area contributed by atoms with Gasteiger partial charge in [0, 0.05) is 18.7 Å². The fraction of sp³-hybridized carbons (Fsp3) is 0.357. The first-order chi connectivity index (χ1) is 9.13. The van der Waals surface area contributed by atoms with Gasteiger partial charge in [-0.3, -0.25) is 4.79 Å². The van der Waals surface area contributed by atoms with E-state index in [1.807, 2.05) is 0 Å². The smallest absolute Gasteiger partial charge is 0.256 e. The van der Waals surface area contributed by atoms with Crippen molar-refractivity contribution in [1.82, 2.24) is 4.90 Å². The second kappa shape index (κ2) is 7.52.